The Morgan fingerprint density at radius 2 is 1.76 bits per heavy atom. The van der Waals surface area contributed by atoms with Crippen LogP contribution in [0.25, 0.3) is 28.3 Å². The van der Waals surface area contributed by atoms with Crippen LogP contribution >= 0.6 is 0 Å². The lowest BCUT2D eigenvalue weighted by molar-refractivity contribution is 0.628. The Kier molecular flexibility index (Phi) is 6.14. The van der Waals surface area contributed by atoms with Crippen LogP contribution in [0.15, 0.2) is 85.2 Å². The molecule has 2 aromatic carbocycles. The lowest BCUT2D eigenvalue weighted by Gasteiger charge is -2.12. The molecule has 0 unspecified atom stereocenters. The zero-order valence-electron chi connectivity index (χ0n) is 19.2. The number of benzene rings is 2. The highest BCUT2D eigenvalue weighted by molar-refractivity contribution is 5.80. The Morgan fingerprint density at radius 1 is 0.971 bits per heavy atom. The van der Waals surface area contributed by atoms with Gasteiger partial charge in [-0.25, -0.2) is 19.3 Å². The van der Waals surface area contributed by atoms with E-state index in [-0.39, 0.29) is 11.7 Å². The third-order valence-corrected chi connectivity index (χ3v) is 5.99. The van der Waals surface area contributed by atoms with Gasteiger partial charge in [0.15, 0.2) is 0 Å². The van der Waals surface area contributed by atoms with E-state index in [1.54, 1.807) is 18.3 Å². The summed E-state index contributed by atoms with van der Waals surface area (Å²) < 4.78 is 15.7. The molecule has 5 rings (SSSR count). The van der Waals surface area contributed by atoms with Crippen molar-refractivity contribution in [2.45, 2.75) is 26.3 Å². The normalized spacial score (nSPS) is 12.2. The quantitative estimate of drug-likeness (QED) is 0.337. The maximum absolute atomic E-state index is 13.7. The second-order valence-electron chi connectivity index (χ2n) is 8.29. The molecule has 0 aliphatic rings. The third-order valence-electron chi connectivity index (χ3n) is 5.99. The van der Waals surface area contributed by atoms with Gasteiger partial charge in [0.05, 0.1) is 17.1 Å². The van der Waals surface area contributed by atoms with Gasteiger partial charge >= 0.3 is 0 Å². The molecule has 3 heterocycles. The summed E-state index contributed by atoms with van der Waals surface area (Å²) in [6.45, 7) is 5.86. The smallest absolute Gasteiger partial charge is 0.138 e. The minimum absolute atomic E-state index is 0.0429. The Hall–Kier alpha value is -3.90. The minimum Gasteiger partial charge on any atom is -0.313 e. The standard InChI is InChI=1S/C28H26FN5/c1-3-30-18-20-14-16-34-25(17-20)33-26(22-9-11-23(29)12-10-22)27(34)24-13-15-31-28(32-24)19(2)21-7-5-4-6-8-21/h4-17,19,30H,3,18H2,1-2H3/t19-/m0/s1. The van der Waals surface area contributed by atoms with Gasteiger partial charge in [0.2, 0.25) is 0 Å². The van der Waals surface area contributed by atoms with Crippen LogP contribution in [0, 0.1) is 5.82 Å². The summed E-state index contributed by atoms with van der Waals surface area (Å²) in [6, 6.07) is 22.7. The van der Waals surface area contributed by atoms with E-state index in [9.17, 15) is 4.39 Å². The van der Waals surface area contributed by atoms with Gasteiger partial charge in [-0.3, -0.25) is 4.40 Å². The van der Waals surface area contributed by atoms with Crippen molar-refractivity contribution < 1.29 is 4.39 Å². The molecule has 0 aliphatic heterocycles. The molecule has 0 bridgehead atoms. The molecule has 0 radical (unpaired) electrons. The summed E-state index contributed by atoms with van der Waals surface area (Å²) in [5.74, 6) is 0.511. The van der Waals surface area contributed by atoms with Gasteiger partial charge < -0.3 is 5.32 Å². The van der Waals surface area contributed by atoms with Gasteiger partial charge in [-0.1, -0.05) is 44.2 Å². The number of halogens is 1. The first-order valence-corrected chi connectivity index (χ1v) is 11.5. The number of nitrogens with one attached hydrogen (secondary N) is 1. The topological polar surface area (TPSA) is 55.1 Å². The molecule has 0 saturated carbocycles. The van der Waals surface area contributed by atoms with Crippen molar-refractivity contribution >= 4 is 5.65 Å². The molecule has 1 N–H and O–H groups in total. The van der Waals surface area contributed by atoms with Crippen LogP contribution in [0.5, 0.6) is 0 Å². The molecule has 0 aliphatic carbocycles. The van der Waals surface area contributed by atoms with Crippen molar-refractivity contribution in [2.75, 3.05) is 6.54 Å². The largest absolute Gasteiger partial charge is 0.313 e. The van der Waals surface area contributed by atoms with E-state index >= 15 is 0 Å². The van der Waals surface area contributed by atoms with Gasteiger partial charge in [0.25, 0.3) is 0 Å². The predicted molar refractivity (Wildman–Crippen MR) is 133 cm³/mol. The molecule has 3 aromatic heterocycles. The maximum atomic E-state index is 13.7. The highest BCUT2D eigenvalue weighted by atomic mass is 19.1. The minimum atomic E-state index is -0.275. The van der Waals surface area contributed by atoms with Gasteiger partial charge in [0, 0.05) is 30.4 Å². The van der Waals surface area contributed by atoms with Crippen LogP contribution in [-0.2, 0) is 6.54 Å². The summed E-state index contributed by atoms with van der Waals surface area (Å²) in [5, 5.41) is 3.36. The molecule has 0 spiro atoms. The Bertz CT molecular complexity index is 1410. The molecule has 5 nitrogen and oxygen atoms in total. The van der Waals surface area contributed by atoms with E-state index in [4.69, 9.17) is 9.97 Å². The van der Waals surface area contributed by atoms with E-state index in [1.165, 1.54) is 12.1 Å². The summed E-state index contributed by atoms with van der Waals surface area (Å²) in [5.41, 5.74) is 6.37. The van der Waals surface area contributed by atoms with Crippen LogP contribution in [-0.4, -0.2) is 25.9 Å². The van der Waals surface area contributed by atoms with Gasteiger partial charge in [-0.2, -0.15) is 0 Å². The molecule has 0 saturated heterocycles. The Balaban J connectivity index is 1.65. The first-order chi connectivity index (χ1) is 16.6. The van der Waals surface area contributed by atoms with Crippen LogP contribution < -0.4 is 5.32 Å². The predicted octanol–water partition coefficient (Wildman–Crippen LogP) is 5.86. The molecule has 170 valence electrons. The molecule has 0 amide bonds. The zero-order valence-corrected chi connectivity index (χ0v) is 19.2. The number of imidazole rings is 1. The maximum Gasteiger partial charge on any atom is 0.138 e. The van der Waals surface area contributed by atoms with Crippen molar-refractivity contribution in [3.05, 3.63) is 108 Å². The van der Waals surface area contributed by atoms with Gasteiger partial charge in [-0.05, 0) is 60.1 Å². The highest BCUT2D eigenvalue weighted by Crippen LogP contribution is 2.33. The molecule has 34 heavy (non-hydrogen) atoms. The first-order valence-electron chi connectivity index (χ1n) is 11.5. The van der Waals surface area contributed by atoms with E-state index in [2.05, 4.69) is 48.4 Å². The van der Waals surface area contributed by atoms with E-state index in [1.807, 2.05) is 34.9 Å². The Labute approximate surface area is 198 Å². The second kappa shape index (κ2) is 9.53. The van der Waals surface area contributed by atoms with E-state index in [0.717, 1.165) is 58.3 Å². The molecule has 5 aromatic rings. The fraction of sp³-hybridized carbons (Fsp3) is 0.179. The number of pyridine rings is 1. The summed E-state index contributed by atoms with van der Waals surface area (Å²) >= 11 is 0. The van der Waals surface area contributed by atoms with Crippen LogP contribution in [0.4, 0.5) is 4.39 Å². The summed E-state index contributed by atoms with van der Waals surface area (Å²) in [7, 11) is 0. The average molecular weight is 452 g/mol. The van der Waals surface area contributed by atoms with Crippen molar-refractivity contribution in [1.82, 2.24) is 24.7 Å². The van der Waals surface area contributed by atoms with Gasteiger partial charge in [0.1, 0.15) is 17.3 Å². The second-order valence-corrected chi connectivity index (χ2v) is 8.29. The monoisotopic (exact) mass is 451 g/mol. The molecular formula is C28H26FN5. The number of nitrogens with zero attached hydrogens (tertiary/aromatic N) is 4. The van der Waals surface area contributed by atoms with Crippen LogP contribution in [0.1, 0.15) is 36.7 Å². The van der Waals surface area contributed by atoms with Crippen LogP contribution in [0.2, 0.25) is 0 Å². The summed E-state index contributed by atoms with van der Waals surface area (Å²) in [4.78, 5) is 14.5. The zero-order chi connectivity index (χ0) is 23.5. The highest BCUT2D eigenvalue weighted by Gasteiger charge is 2.20. The van der Waals surface area contributed by atoms with E-state index < -0.39 is 0 Å². The molecule has 1 atom stereocenters. The van der Waals surface area contributed by atoms with Crippen molar-refractivity contribution in [3.63, 3.8) is 0 Å². The number of hydrogen-bond donors (Lipinski definition) is 1. The van der Waals surface area contributed by atoms with E-state index in [0.29, 0.717) is 0 Å². The van der Waals surface area contributed by atoms with Gasteiger partial charge in [-0.15, -0.1) is 0 Å². The number of aromatic nitrogens is 4. The number of fused-ring (bicyclic) bond motifs is 1. The average Bonchev–Trinajstić information content (AvgIpc) is 3.27. The number of rotatable bonds is 7. The lowest BCUT2D eigenvalue weighted by atomic mass is 10.0. The first kappa shape index (κ1) is 21.9. The van der Waals surface area contributed by atoms with Crippen molar-refractivity contribution in [2.24, 2.45) is 0 Å². The number of hydrogen-bond acceptors (Lipinski definition) is 4. The fourth-order valence-electron chi connectivity index (χ4n) is 4.13. The SMILES string of the molecule is CCNCc1ccn2c(-c3ccnc([C@@H](C)c4ccccc4)n3)c(-c3ccc(F)cc3)nc2c1. The summed E-state index contributed by atoms with van der Waals surface area (Å²) in [6.07, 6.45) is 3.82. The molecule has 0 fully saturated rings. The fourth-order valence-corrected chi connectivity index (χ4v) is 4.13. The van der Waals surface area contributed by atoms with Crippen LogP contribution in [0.3, 0.4) is 0 Å². The van der Waals surface area contributed by atoms with Crippen molar-refractivity contribution in [3.8, 4) is 22.6 Å². The van der Waals surface area contributed by atoms with Crippen molar-refractivity contribution in [1.29, 1.82) is 0 Å². The lowest BCUT2D eigenvalue weighted by Crippen LogP contribution is -2.11. The Morgan fingerprint density at radius 3 is 2.53 bits per heavy atom. The molecular weight excluding hydrogens is 425 g/mol. The molecule has 6 heteroatoms. The third kappa shape index (κ3) is 4.32.